The van der Waals surface area contributed by atoms with Crippen LogP contribution in [0, 0.1) is 0 Å². The summed E-state index contributed by atoms with van der Waals surface area (Å²) in [5, 5.41) is 13.2. The van der Waals surface area contributed by atoms with Crippen LogP contribution in [0.25, 0.3) is 33.7 Å². The van der Waals surface area contributed by atoms with Crippen molar-refractivity contribution < 1.29 is 27.6 Å². The van der Waals surface area contributed by atoms with Gasteiger partial charge in [-0.05, 0) is 58.4 Å². The zero-order valence-electron chi connectivity index (χ0n) is 23.0. The lowest BCUT2D eigenvalue weighted by atomic mass is 10.1. The molecule has 220 valence electrons. The van der Waals surface area contributed by atoms with E-state index in [0.717, 1.165) is 73.4 Å². The number of nitrogens with zero attached hydrogens (tertiary/aromatic N) is 6. The van der Waals surface area contributed by atoms with Crippen molar-refractivity contribution in [2.24, 2.45) is 0 Å². The zero-order chi connectivity index (χ0) is 29.7. The van der Waals surface area contributed by atoms with E-state index in [0.29, 0.717) is 16.7 Å². The molecule has 2 aromatic heterocycles. The van der Waals surface area contributed by atoms with E-state index in [9.17, 15) is 13.2 Å². The molecule has 0 amide bonds. The molecule has 0 atom stereocenters. The van der Waals surface area contributed by atoms with E-state index in [1.54, 1.807) is 0 Å². The lowest BCUT2D eigenvalue weighted by Crippen LogP contribution is -2.28. The maximum Gasteiger partial charge on any atom is 0.490 e. The van der Waals surface area contributed by atoms with Gasteiger partial charge >= 0.3 is 12.1 Å². The number of alkyl halides is 3. The molecule has 1 aliphatic rings. The maximum atomic E-state index is 10.6. The summed E-state index contributed by atoms with van der Waals surface area (Å²) in [5.41, 5.74) is 4.03. The fourth-order valence-electron chi connectivity index (χ4n) is 4.55. The van der Waals surface area contributed by atoms with Crippen LogP contribution < -0.4 is 4.90 Å². The Morgan fingerprint density at radius 2 is 1.85 bits per heavy atom. The average molecular weight is 593 g/mol. The van der Waals surface area contributed by atoms with Crippen molar-refractivity contribution in [2.45, 2.75) is 19.1 Å². The molecular weight excluding hydrogens is 561 g/mol. The molecule has 3 heterocycles. The smallest absolute Gasteiger partial charge is 0.475 e. The van der Waals surface area contributed by atoms with Crippen molar-refractivity contribution in [3.8, 4) is 22.8 Å². The van der Waals surface area contributed by atoms with Gasteiger partial charge in [0.2, 0.25) is 5.82 Å². The molecule has 9 nitrogen and oxygen atoms in total. The molecule has 41 heavy (non-hydrogen) atoms. The number of likely N-dealkylation sites (N-methyl/N-ethyl adjacent to an activating group) is 2. The van der Waals surface area contributed by atoms with Crippen molar-refractivity contribution in [1.29, 1.82) is 0 Å². The lowest BCUT2D eigenvalue weighted by Gasteiger charge is -2.24. The maximum absolute atomic E-state index is 10.6. The molecule has 0 saturated carbocycles. The number of fused-ring (bicyclic) bond motifs is 1. The van der Waals surface area contributed by atoms with Crippen LogP contribution in [0.1, 0.15) is 6.42 Å². The minimum atomic E-state index is -5.08. The normalized spacial score (nSPS) is 14.7. The second-order valence-electron chi connectivity index (χ2n) is 10.1. The van der Waals surface area contributed by atoms with Gasteiger partial charge in [-0.2, -0.15) is 18.2 Å². The zero-order valence-corrected chi connectivity index (χ0v) is 23.8. The second-order valence-corrected chi connectivity index (χ2v) is 10.5. The second kappa shape index (κ2) is 12.9. The van der Waals surface area contributed by atoms with Gasteiger partial charge in [0, 0.05) is 55.4 Å². The van der Waals surface area contributed by atoms with E-state index in [-0.39, 0.29) is 0 Å². The first kappa shape index (κ1) is 30.4. The highest BCUT2D eigenvalue weighted by Crippen LogP contribution is 2.34. The standard InChI is InChI=1S/C26H31ClN6O.C2HF3O2/c1-30(2)13-15-33-18-21(20-7-4-5-8-23(20)33)26-28-25(29-34-26)19-9-10-24(22(27)17-19)32-12-6-11-31(3)14-16-32;3-2(4,5)1(6)7/h4-5,7-10,17-18H,6,11-16H2,1-3H3;(H,6,7). The molecule has 4 aromatic rings. The van der Waals surface area contributed by atoms with E-state index in [1.807, 2.05) is 18.2 Å². The number of hydrogen-bond donors (Lipinski definition) is 1. The minimum absolute atomic E-state index is 0.519. The fraction of sp³-hybridized carbons (Fsp3) is 0.393. The Labute approximate surface area is 240 Å². The number of aromatic nitrogens is 3. The summed E-state index contributed by atoms with van der Waals surface area (Å²) in [6, 6.07) is 14.4. The average Bonchev–Trinajstić information content (AvgIpc) is 3.48. The highest BCUT2D eigenvalue weighted by Gasteiger charge is 2.38. The van der Waals surface area contributed by atoms with Crippen LogP contribution in [0.4, 0.5) is 18.9 Å². The van der Waals surface area contributed by atoms with Crippen LogP contribution in [-0.4, -0.2) is 95.6 Å². The molecule has 13 heteroatoms. The summed E-state index contributed by atoms with van der Waals surface area (Å²) in [6.07, 6.45) is -1.84. The Kier molecular flexibility index (Phi) is 9.57. The predicted molar refractivity (Wildman–Crippen MR) is 152 cm³/mol. The first-order valence-corrected chi connectivity index (χ1v) is 13.4. The van der Waals surface area contributed by atoms with Crippen molar-refractivity contribution in [2.75, 3.05) is 58.8 Å². The molecule has 0 unspecified atom stereocenters. The monoisotopic (exact) mass is 592 g/mol. The van der Waals surface area contributed by atoms with E-state index in [4.69, 9.17) is 31.0 Å². The van der Waals surface area contributed by atoms with Gasteiger partial charge in [-0.3, -0.25) is 0 Å². The number of carboxylic acids is 1. The molecular formula is C28H32ClF3N6O3. The lowest BCUT2D eigenvalue weighted by molar-refractivity contribution is -0.192. The van der Waals surface area contributed by atoms with Crippen LogP contribution in [0.15, 0.2) is 53.2 Å². The van der Waals surface area contributed by atoms with Crippen LogP contribution >= 0.6 is 11.6 Å². The van der Waals surface area contributed by atoms with E-state index in [2.05, 4.69) is 76.0 Å². The molecule has 0 spiro atoms. The third-order valence-electron chi connectivity index (χ3n) is 6.74. The molecule has 5 rings (SSSR count). The summed E-state index contributed by atoms with van der Waals surface area (Å²) in [7, 11) is 6.33. The summed E-state index contributed by atoms with van der Waals surface area (Å²) < 4.78 is 39.7. The topological polar surface area (TPSA) is 90.9 Å². The summed E-state index contributed by atoms with van der Waals surface area (Å²) in [4.78, 5) is 20.5. The number of para-hydroxylation sites is 1. The first-order valence-electron chi connectivity index (χ1n) is 13.0. The summed E-state index contributed by atoms with van der Waals surface area (Å²) in [5.74, 6) is -1.69. The van der Waals surface area contributed by atoms with Gasteiger partial charge in [-0.1, -0.05) is 35.0 Å². The molecule has 1 aliphatic heterocycles. The number of hydrogen-bond acceptors (Lipinski definition) is 7. The van der Waals surface area contributed by atoms with Gasteiger partial charge in [0.15, 0.2) is 0 Å². The van der Waals surface area contributed by atoms with Crippen molar-refractivity contribution in [1.82, 2.24) is 24.5 Å². The number of rotatable bonds is 6. The first-order chi connectivity index (χ1) is 19.4. The number of carboxylic acid groups (broad SMARTS) is 1. The van der Waals surface area contributed by atoms with Gasteiger partial charge in [0.05, 0.1) is 16.3 Å². The SMILES string of the molecule is CN(C)CCn1cc(-c2nc(-c3ccc(N4CCCN(C)CC4)c(Cl)c3)no2)c2ccccc21.O=C(O)C(F)(F)F. The molecule has 1 saturated heterocycles. The number of halogens is 4. The third-order valence-corrected chi connectivity index (χ3v) is 7.04. The molecule has 2 aromatic carbocycles. The van der Waals surface area contributed by atoms with Crippen LogP contribution in [-0.2, 0) is 11.3 Å². The summed E-state index contributed by atoms with van der Waals surface area (Å²) in [6.45, 7) is 5.97. The Morgan fingerprint density at radius 3 is 2.54 bits per heavy atom. The Balaban J connectivity index is 0.000000493. The number of aliphatic carboxylic acids is 1. The largest absolute Gasteiger partial charge is 0.490 e. The van der Waals surface area contributed by atoms with E-state index in [1.165, 1.54) is 0 Å². The van der Waals surface area contributed by atoms with Crippen molar-refractivity contribution >= 4 is 34.2 Å². The predicted octanol–water partition coefficient (Wildman–Crippen LogP) is 5.35. The van der Waals surface area contributed by atoms with Gasteiger partial charge in [-0.15, -0.1) is 0 Å². The van der Waals surface area contributed by atoms with Crippen molar-refractivity contribution in [3.63, 3.8) is 0 Å². The quantitative estimate of drug-likeness (QED) is 0.321. The highest BCUT2D eigenvalue weighted by atomic mass is 35.5. The van der Waals surface area contributed by atoms with Gasteiger partial charge in [0.1, 0.15) is 0 Å². The van der Waals surface area contributed by atoms with Gasteiger partial charge < -0.3 is 28.9 Å². The number of benzene rings is 2. The van der Waals surface area contributed by atoms with Crippen LogP contribution in [0.2, 0.25) is 5.02 Å². The fourth-order valence-corrected chi connectivity index (χ4v) is 4.85. The number of anilines is 1. The summed E-state index contributed by atoms with van der Waals surface area (Å²) >= 11 is 6.72. The van der Waals surface area contributed by atoms with Gasteiger partial charge in [0.25, 0.3) is 5.89 Å². The molecule has 1 fully saturated rings. The minimum Gasteiger partial charge on any atom is -0.475 e. The van der Waals surface area contributed by atoms with Crippen LogP contribution in [0.5, 0.6) is 0 Å². The number of carbonyl (C=O) groups is 1. The Hall–Kier alpha value is -3.61. The molecule has 1 N–H and O–H groups in total. The highest BCUT2D eigenvalue weighted by molar-refractivity contribution is 6.33. The molecule has 0 radical (unpaired) electrons. The van der Waals surface area contributed by atoms with Gasteiger partial charge in [-0.25, -0.2) is 4.79 Å². The molecule has 0 bridgehead atoms. The van der Waals surface area contributed by atoms with Crippen LogP contribution in [0.3, 0.4) is 0 Å². The van der Waals surface area contributed by atoms with E-state index < -0.39 is 12.1 Å². The van der Waals surface area contributed by atoms with Crippen molar-refractivity contribution in [3.05, 3.63) is 53.7 Å². The third kappa shape index (κ3) is 7.57. The Morgan fingerprint density at radius 1 is 1.12 bits per heavy atom. The van der Waals surface area contributed by atoms with E-state index >= 15 is 0 Å². The molecule has 0 aliphatic carbocycles. The Bertz CT molecular complexity index is 1490.